The average Bonchev–Trinajstić information content (AvgIpc) is 2.92. The van der Waals surface area contributed by atoms with Gasteiger partial charge in [-0.3, -0.25) is 0 Å². The molecule has 1 aromatic rings. The third kappa shape index (κ3) is 3.02. The van der Waals surface area contributed by atoms with E-state index < -0.39 is 5.97 Å². The maximum Gasteiger partial charge on any atom is 0.342 e. The third-order valence-corrected chi connectivity index (χ3v) is 3.88. The van der Waals surface area contributed by atoms with E-state index in [1.165, 1.54) is 14.2 Å². The van der Waals surface area contributed by atoms with E-state index in [2.05, 4.69) is 4.74 Å². The summed E-state index contributed by atoms with van der Waals surface area (Å²) in [4.78, 5) is 23.2. The molecule has 6 nitrogen and oxygen atoms in total. The summed E-state index contributed by atoms with van der Waals surface area (Å²) >= 11 is 0. The van der Waals surface area contributed by atoms with Crippen molar-refractivity contribution in [2.75, 3.05) is 20.8 Å². The van der Waals surface area contributed by atoms with Crippen molar-refractivity contribution in [1.82, 2.24) is 0 Å². The molecule has 0 aliphatic carbocycles. The monoisotopic (exact) mass is 320 g/mol. The van der Waals surface area contributed by atoms with Gasteiger partial charge in [-0.25, -0.2) is 9.59 Å². The molecule has 0 saturated carbocycles. The van der Waals surface area contributed by atoms with Crippen molar-refractivity contribution in [2.45, 2.75) is 27.4 Å². The maximum atomic E-state index is 11.9. The minimum Gasteiger partial charge on any atom is -0.495 e. The lowest BCUT2D eigenvalue weighted by atomic mass is 9.98. The van der Waals surface area contributed by atoms with Crippen molar-refractivity contribution in [3.8, 4) is 11.5 Å². The SMILES string of the molecule is COC(=O)/C(C)=C/COc1c(C)c2c(c(OC)c1C)C(=O)OC2. The number of hydrogen-bond donors (Lipinski definition) is 0. The molecule has 1 aliphatic rings. The minimum absolute atomic E-state index is 0.208. The molecule has 2 rings (SSSR count). The lowest BCUT2D eigenvalue weighted by Crippen LogP contribution is -2.08. The number of ether oxygens (including phenoxy) is 4. The summed E-state index contributed by atoms with van der Waals surface area (Å²) in [6.45, 7) is 5.78. The number of benzene rings is 1. The zero-order valence-electron chi connectivity index (χ0n) is 13.9. The van der Waals surface area contributed by atoms with E-state index in [9.17, 15) is 9.59 Å². The molecule has 1 aromatic carbocycles. The standard InChI is InChI=1S/C17H20O6/c1-9(16(18)21-5)6-7-22-14-10(2)12-8-23-17(19)13(12)15(20-4)11(14)3/h6H,7-8H2,1-5H3/b9-6+. The number of carbonyl (C=O) groups is 2. The van der Waals surface area contributed by atoms with Gasteiger partial charge in [-0.15, -0.1) is 0 Å². The summed E-state index contributed by atoms with van der Waals surface area (Å²) < 4.78 is 20.9. The van der Waals surface area contributed by atoms with Gasteiger partial charge < -0.3 is 18.9 Å². The Bertz CT molecular complexity index is 687. The molecule has 0 fully saturated rings. The molecule has 1 heterocycles. The van der Waals surface area contributed by atoms with Gasteiger partial charge in [-0.05, 0) is 32.4 Å². The molecule has 0 aromatic heterocycles. The van der Waals surface area contributed by atoms with Gasteiger partial charge in [0.25, 0.3) is 0 Å². The molecule has 124 valence electrons. The predicted octanol–water partition coefficient (Wildman–Crippen LogP) is 2.48. The van der Waals surface area contributed by atoms with E-state index in [4.69, 9.17) is 14.2 Å². The molecular weight excluding hydrogens is 300 g/mol. The van der Waals surface area contributed by atoms with E-state index in [0.29, 0.717) is 22.6 Å². The molecule has 0 saturated heterocycles. The first-order chi connectivity index (χ1) is 10.9. The van der Waals surface area contributed by atoms with Crippen LogP contribution >= 0.6 is 0 Å². The second kappa shape index (κ2) is 6.73. The van der Waals surface area contributed by atoms with Crippen molar-refractivity contribution in [1.29, 1.82) is 0 Å². The van der Waals surface area contributed by atoms with Crippen LogP contribution in [0.2, 0.25) is 0 Å². The van der Waals surface area contributed by atoms with Crippen LogP contribution in [0.1, 0.15) is 34.0 Å². The third-order valence-electron chi connectivity index (χ3n) is 3.88. The van der Waals surface area contributed by atoms with Crippen LogP contribution in [0, 0.1) is 13.8 Å². The Balaban J connectivity index is 2.34. The summed E-state index contributed by atoms with van der Waals surface area (Å²) in [6.07, 6.45) is 1.64. The lowest BCUT2D eigenvalue weighted by molar-refractivity contribution is -0.136. The Labute approximate surface area is 135 Å². The molecule has 0 atom stereocenters. The smallest absolute Gasteiger partial charge is 0.342 e. The number of fused-ring (bicyclic) bond motifs is 1. The second-order valence-corrected chi connectivity index (χ2v) is 5.23. The molecule has 6 heteroatoms. The Hall–Kier alpha value is -2.50. The van der Waals surface area contributed by atoms with Crippen LogP contribution in [-0.2, 0) is 20.9 Å². The normalized spacial score (nSPS) is 13.4. The predicted molar refractivity (Wildman–Crippen MR) is 82.9 cm³/mol. The lowest BCUT2D eigenvalue weighted by Gasteiger charge is -2.17. The van der Waals surface area contributed by atoms with Crippen LogP contribution < -0.4 is 9.47 Å². The highest BCUT2D eigenvalue weighted by Crippen LogP contribution is 2.41. The highest BCUT2D eigenvalue weighted by Gasteiger charge is 2.31. The summed E-state index contributed by atoms with van der Waals surface area (Å²) in [5, 5.41) is 0. The van der Waals surface area contributed by atoms with Gasteiger partial charge in [0.15, 0.2) is 0 Å². The Morgan fingerprint density at radius 2 is 1.91 bits per heavy atom. The van der Waals surface area contributed by atoms with Crippen molar-refractivity contribution >= 4 is 11.9 Å². The molecule has 0 radical (unpaired) electrons. The number of cyclic esters (lactones) is 1. The van der Waals surface area contributed by atoms with E-state index in [0.717, 1.165) is 16.7 Å². The second-order valence-electron chi connectivity index (χ2n) is 5.23. The van der Waals surface area contributed by atoms with Crippen molar-refractivity contribution < 1.29 is 28.5 Å². The zero-order valence-corrected chi connectivity index (χ0v) is 13.9. The topological polar surface area (TPSA) is 71.1 Å². The van der Waals surface area contributed by atoms with Crippen LogP contribution in [0.5, 0.6) is 11.5 Å². The van der Waals surface area contributed by atoms with Gasteiger partial charge in [-0.1, -0.05) is 0 Å². The fraction of sp³-hybridized carbons (Fsp3) is 0.412. The molecule has 0 N–H and O–H groups in total. The number of esters is 2. The van der Waals surface area contributed by atoms with E-state index in [1.807, 2.05) is 13.8 Å². The molecule has 0 amide bonds. The van der Waals surface area contributed by atoms with Gasteiger partial charge in [0, 0.05) is 16.7 Å². The Morgan fingerprint density at radius 1 is 1.22 bits per heavy atom. The van der Waals surface area contributed by atoms with E-state index >= 15 is 0 Å². The summed E-state index contributed by atoms with van der Waals surface area (Å²) in [7, 11) is 2.84. The van der Waals surface area contributed by atoms with Gasteiger partial charge in [-0.2, -0.15) is 0 Å². The van der Waals surface area contributed by atoms with Crippen LogP contribution in [0.4, 0.5) is 0 Å². The highest BCUT2D eigenvalue weighted by atomic mass is 16.5. The highest BCUT2D eigenvalue weighted by molar-refractivity contribution is 5.98. The van der Waals surface area contributed by atoms with E-state index in [-0.39, 0.29) is 19.2 Å². The largest absolute Gasteiger partial charge is 0.495 e. The van der Waals surface area contributed by atoms with Crippen molar-refractivity contribution in [2.24, 2.45) is 0 Å². The van der Waals surface area contributed by atoms with Crippen LogP contribution in [0.3, 0.4) is 0 Å². The fourth-order valence-electron chi connectivity index (χ4n) is 2.61. The minimum atomic E-state index is -0.396. The van der Waals surface area contributed by atoms with Crippen molar-refractivity contribution in [3.05, 3.63) is 33.9 Å². The zero-order chi connectivity index (χ0) is 17.1. The van der Waals surface area contributed by atoms with Gasteiger partial charge in [0.05, 0.1) is 14.2 Å². The van der Waals surface area contributed by atoms with Gasteiger partial charge in [0.1, 0.15) is 30.3 Å². The average molecular weight is 320 g/mol. The molecule has 0 bridgehead atoms. The number of carbonyl (C=O) groups excluding carboxylic acids is 2. The number of methoxy groups -OCH3 is 2. The number of hydrogen-bond acceptors (Lipinski definition) is 6. The van der Waals surface area contributed by atoms with E-state index in [1.54, 1.807) is 13.0 Å². The Morgan fingerprint density at radius 3 is 2.52 bits per heavy atom. The fourth-order valence-corrected chi connectivity index (χ4v) is 2.61. The first kappa shape index (κ1) is 16.9. The van der Waals surface area contributed by atoms with Crippen LogP contribution in [0.15, 0.2) is 11.6 Å². The Kier molecular flexibility index (Phi) is 4.93. The van der Waals surface area contributed by atoms with Gasteiger partial charge >= 0.3 is 11.9 Å². The molecule has 0 spiro atoms. The quantitative estimate of drug-likeness (QED) is 0.613. The first-order valence-corrected chi connectivity index (χ1v) is 7.17. The van der Waals surface area contributed by atoms with Crippen molar-refractivity contribution in [3.63, 3.8) is 0 Å². The summed E-state index contributed by atoms with van der Waals surface area (Å²) in [5.41, 5.74) is 3.28. The summed E-state index contributed by atoms with van der Waals surface area (Å²) in [6, 6.07) is 0. The van der Waals surface area contributed by atoms with Crippen LogP contribution in [-0.4, -0.2) is 32.8 Å². The van der Waals surface area contributed by atoms with Crippen LogP contribution in [0.25, 0.3) is 0 Å². The number of rotatable bonds is 5. The molecule has 23 heavy (non-hydrogen) atoms. The van der Waals surface area contributed by atoms with Gasteiger partial charge in [0.2, 0.25) is 0 Å². The summed E-state index contributed by atoms with van der Waals surface area (Å²) in [5.74, 6) is 0.327. The first-order valence-electron chi connectivity index (χ1n) is 7.17. The molecule has 0 unspecified atom stereocenters. The maximum absolute atomic E-state index is 11.9. The molecule has 1 aliphatic heterocycles. The molecular formula is C17H20O6.